The predicted molar refractivity (Wildman–Crippen MR) is 71.2 cm³/mol. The van der Waals surface area contributed by atoms with Gasteiger partial charge in [0.05, 0.1) is 5.69 Å². The van der Waals surface area contributed by atoms with E-state index in [2.05, 4.69) is 36.2 Å². The Hall–Kier alpha value is -1.61. The Morgan fingerprint density at radius 3 is 2.39 bits per heavy atom. The van der Waals surface area contributed by atoms with Gasteiger partial charge >= 0.3 is 0 Å². The molecule has 0 spiro atoms. The van der Waals surface area contributed by atoms with Crippen LogP contribution < -0.4 is 5.73 Å². The highest BCUT2D eigenvalue weighted by atomic mass is 16.3. The number of nitrogens with two attached hydrogens (primary N) is 1. The van der Waals surface area contributed by atoms with Crippen LogP contribution in [0, 0.1) is 6.92 Å². The van der Waals surface area contributed by atoms with Crippen molar-refractivity contribution in [2.45, 2.75) is 38.1 Å². The van der Waals surface area contributed by atoms with Gasteiger partial charge in [0.1, 0.15) is 6.26 Å². The van der Waals surface area contributed by atoms with E-state index < -0.39 is 0 Å². The first-order valence-corrected chi connectivity index (χ1v) is 6.40. The minimum absolute atomic E-state index is 0.213. The third-order valence-electron chi connectivity index (χ3n) is 3.99. The van der Waals surface area contributed by atoms with Gasteiger partial charge in [0.25, 0.3) is 0 Å². The molecule has 0 bridgehead atoms. The summed E-state index contributed by atoms with van der Waals surface area (Å²) in [6.07, 6.45) is 4.07. The monoisotopic (exact) mass is 242 g/mol. The topological polar surface area (TPSA) is 52.0 Å². The normalized spacial score (nSPS) is 18.6. The van der Waals surface area contributed by atoms with E-state index in [4.69, 9.17) is 10.2 Å². The first-order chi connectivity index (χ1) is 8.62. The molecule has 94 valence electrons. The average molecular weight is 242 g/mol. The Bertz CT molecular complexity index is 550. The van der Waals surface area contributed by atoms with Crippen molar-refractivity contribution in [3.8, 4) is 11.5 Å². The van der Waals surface area contributed by atoms with Crippen LogP contribution in [0.15, 0.2) is 34.9 Å². The molecule has 3 nitrogen and oxygen atoms in total. The van der Waals surface area contributed by atoms with Gasteiger partial charge in [-0.25, -0.2) is 4.98 Å². The van der Waals surface area contributed by atoms with E-state index >= 15 is 0 Å². The number of benzene rings is 1. The largest absolute Gasteiger partial charge is 0.444 e. The van der Waals surface area contributed by atoms with Crippen molar-refractivity contribution in [3.05, 3.63) is 41.8 Å². The number of hydrogen-bond donors (Lipinski definition) is 1. The Labute approximate surface area is 107 Å². The molecule has 0 aliphatic heterocycles. The second kappa shape index (κ2) is 3.95. The molecule has 1 unspecified atom stereocenters. The number of aromatic nitrogens is 1. The summed E-state index contributed by atoms with van der Waals surface area (Å²) < 4.78 is 5.40. The van der Waals surface area contributed by atoms with Gasteiger partial charge in [-0.15, -0.1) is 0 Å². The van der Waals surface area contributed by atoms with Gasteiger partial charge in [0, 0.05) is 17.0 Å². The third-order valence-corrected chi connectivity index (χ3v) is 3.99. The molecule has 0 radical (unpaired) electrons. The number of rotatable bonds is 3. The van der Waals surface area contributed by atoms with Gasteiger partial charge in [0.2, 0.25) is 5.89 Å². The molecular formula is C15H18N2O. The molecule has 1 heterocycles. The molecule has 1 aliphatic rings. The van der Waals surface area contributed by atoms with Crippen LogP contribution in [0.5, 0.6) is 0 Å². The van der Waals surface area contributed by atoms with Crippen molar-refractivity contribution in [1.82, 2.24) is 4.98 Å². The van der Waals surface area contributed by atoms with Crippen LogP contribution in [0.3, 0.4) is 0 Å². The molecule has 0 amide bonds. The lowest BCUT2D eigenvalue weighted by atomic mass is 9.89. The smallest absolute Gasteiger partial charge is 0.226 e. The summed E-state index contributed by atoms with van der Waals surface area (Å²) in [5.74, 6) is 0.685. The Morgan fingerprint density at radius 2 is 1.94 bits per heavy atom. The van der Waals surface area contributed by atoms with Crippen molar-refractivity contribution in [3.63, 3.8) is 0 Å². The van der Waals surface area contributed by atoms with E-state index in [1.54, 1.807) is 6.26 Å². The second-order valence-corrected chi connectivity index (χ2v) is 5.32. The Balaban J connectivity index is 1.90. The van der Waals surface area contributed by atoms with E-state index in [0.717, 1.165) is 11.3 Å². The van der Waals surface area contributed by atoms with Gasteiger partial charge in [-0.1, -0.05) is 12.1 Å². The van der Waals surface area contributed by atoms with Gasteiger partial charge < -0.3 is 10.2 Å². The molecule has 1 aliphatic carbocycles. The second-order valence-electron chi connectivity index (χ2n) is 5.32. The zero-order valence-corrected chi connectivity index (χ0v) is 10.8. The molecule has 1 saturated carbocycles. The van der Waals surface area contributed by atoms with Crippen LogP contribution in [0.25, 0.3) is 11.5 Å². The minimum atomic E-state index is 0.213. The van der Waals surface area contributed by atoms with Gasteiger partial charge in [0.15, 0.2) is 0 Å². The number of hydrogen-bond acceptors (Lipinski definition) is 3. The summed E-state index contributed by atoms with van der Waals surface area (Å²) in [6.45, 7) is 4.02. The van der Waals surface area contributed by atoms with Gasteiger partial charge in [-0.05, 0) is 44.4 Å². The molecule has 0 saturated heterocycles. The zero-order valence-electron chi connectivity index (χ0n) is 10.8. The standard InChI is InChI=1S/C15H18N2O/c1-10-9-18-14(17-10)12-3-5-13(6-4-12)15(7-8-15)11(2)16/h3-6,9,11H,7-8,16H2,1-2H3. The highest BCUT2D eigenvalue weighted by Crippen LogP contribution is 2.50. The quantitative estimate of drug-likeness (QED) is 0.900. The fourth-order valence-corrected chi connectivity index (χ4v) is 2.57. The SMILES string of the molecule is Cc1coc(-c2ccc(C3(C(C)N)CC3)cc2)n1. The number of aryl methyl sites for hydroxylation is 1. The highest BCUT2D eigenvalue weighted by Gasteiger charge is 2.47. The summed E-state index contributed by atoms with van der Waals surface area (Å²) in [5.41, 5.74) is 9.56. The molecule has 1 aromatic heterocycles. The average Bonchev–Trinajstić information content (AvgIpc) is 3.07. The maximum Gasteiger partial charge on any atom is 0.226 e. The van der Waals surface area contributed by atoms with Crippen LogP contribution in [-0.4, -0.2) is 11.0 Å². The van der Waals surface area contributed by atoms with E-state index in [1.165, 1.54) is 18.4 Å². The van der Waals surface area contributed by atoms with Crippen LogP contribution in [0.1, 0.15) is 31.0 Å². The lowest BCUT2D eigenvalue weighted by Gasteiger charge is -2.20. The summed E-state index contributed by atoms with van der Waals surface area (Å²) in [5, 5.41) is 0. The highest BCUT2D eigenvalue weighted by molar-refractivity contribution is 5.55. The maximum absolute atomic E-state index is 6.09. The van der Waals surface area contributed by atoms with E-state index in [-0.39, 0.29) is 11.5 Å². The third kappa shape index (κ3) is 1.75. The minimum Gasteiger partial charge on any atom is -0.444 e. The Morgan fingerprint density at radius 1 is 1.28 bits per heavy atom. The van der Waals surface area contributed by atoms with Crippen LogP contribution >= 0.6 is 0 Å². The first kappa shape index (κ1) is 11.5. The fourth-order valence-electron chi connectivity index (χ4n) is 2.57. The fraction of sp³-hybridized carbons (Fsp3) is 0.400. The number of nitrogens with zero attached hydrogens (tertiary/aromatic N) is 1. The molecule has 3 heteroatoms. The van der Waals surface area contributed by atoms with E-state index in [9.17, 15) is 0 Å². The molecule has 2 N–H and O–H groups in total. The molecule has 1 atom stereocenters. The van der Waals surface area contributed by atoms with Gasteiger partial charge in [-0.2, -0.15) is 0 Å². The molecule has 2 aromatic rings. The van der Waals surface area contributed by atoms with Crippen molar-refractivity contribution in [1.29, 1.82) is 0 Å². The molecule has 1 fully saturated rings. The summed E-state index contributed by atoms with van der Waals surface area (Å²) in [4.78, 5) is 4.33. The maximum atomic E-state index is 6.09. The zero-order chi connectivity index (χ0) is 12.8. The first-order valence-electron chi connectivity index (χ1n) is 6.40. The van der Waals surface area contributed by atoms with E-state index in [1.807, 2.05) is 6.92 Å². The van der Waals surface area contributed by atoms with E-state index in [0.29, 0.717) is 5.89 Å². The predicted octanol–water partition coefficient (Wildman–Crippen LogP) is 3.03. The van der Waals surface area contributed by atoms with Gasteiger partial charge in [-0.3, -0.25) is 0 Å². The lowest BCUT2D eigenvalue weighted by molar-refractivity contribution is 0.556. The van der Waals surface area contributed by atoms with Crippen molar-refractivity contribution >= 4 is 0 Å². The van der Waals surface area contributed by atoms with Crippen molar-refractivity contribution < 1.29 is 4.42 Å². The Kier molecular flexibility index (Phi) is 2.52. The van der Waals surface area contributed by atoms with Crippen LogP contribution in [-0.2, 0) is 5.41 Å². The molecular weight excluding hydrogens is 224 g/mol. The summed E-state index contributed by atoms with van der Waals surface area (Å²) in [6, 6.07) is 8.68. The van der Waals surface area contributed by atoms with Crippen LogP contribution in [0.4, 0.5) is 0 Å². The summed E-state index contributed by atoms with van der Waals surface area (Å²) in [7, 11) is 0. The molecule has 3 rings (SSSR count). The van der Waals surface area contributed by atoms with Crippen LogP contribution in [0.2, 0.25) is 0 Å². The van der Waals surface area contributed by atoms with Crippen molar-refractivity contribution in [2.75, 3.05) is 0 Å². The lowest BCUT2D eigenvalue weighted by Crippen LogP contribution is -2.31. The molecule has 18 heavy (non-hydrogen) atoms. The summed E-state index contributed by atoms with van der Waals surface area (Å²) >= 11 is 0. The number of oxazole rings is 1. The van der Waals surface area contributed by atoms with Crippen molar-refractivity contribution in [2.24, 2.45) is 5.73 Å². The molecule has 1 aromatic carbocycles.